The van der Waals surface area contributed by atoms with Crippen LogP contribution >= 0.6 is 11.6 Å². The maximum Gasteiger partial charge on any atom is 0.223 e. The highest BCUT2D eigenvalue weighted by molar-refractivity contribution is 6.29. The smallest absolute Gasteiger partial charge is 0.223 e. The Morgan fingerprint density at radius 2 is 2.06 bits per heavy atom. The molecule has 0 atom stereocenters. The first-order valence-corrected chi connectivity index (χ1v) is 5.52. The van der Waals surface area contributed by atoms with Crippen LogP contribution in [0.15, 0.2) is 30.3 Å². The first-order valence-electron chi connectivity index (χ1n) is 5.14. The number of hydrogen-bond acceptors (Lipinski definition) is 5. The summed E-state index contributed by atoms with van der Waals surface area (Å²) >= 11 is 5.83. The minimum Gasteiger partial charge on any atom is -0.368 e. The highest BCUT2D eigenvalue weighted by atomic mass is 35.5. The summed E-state index contributed by atoms with van der Waals surface area (Å²) in [6, 6.07) is 10.9. The van der Waals surface area contributed by atoms with E-state index in [9.17, 15) is 0 Å². The van der Waals surface area contributed by atoms with Crippen LogP contribution in [0.3, 0.4) is 0 Å². The summed E-state index contributed by atoms with van der Waals surface area (Å²) in [5.74, 6) is 0.633. The quantitative estimate of drug-likeness (QED) is 0.838. The second-order valence-electron chi connectivity index (χ2n) is 3.60. The molecule has 2 rings (SSSR count). The number of rotatable bonds is 2. The number of nitrogens with zero attached hydrogens (tertiary/aromatic N) is 4. The third-order valence-corrected chi connectivity index (χ3v) is 2.62. The van der Waals surface area contributed by atoms with Crippen LogP contribution in [-0.2, 0) is 0 Å². The molecule has 18 heavy (non-hydrogen) atoms. The molecule has 0 amide bonds. The minimum atomic E-state index is 0.0961. The van der Waals surface area contributed by atoms with Crippen LogP contribution < -0.4 is 10.6 Å². The van der Waals surface area contributed by atoms with E-state index in [0.29, 0.717) is 11.4 Å². The van der Waals surface area contributed by atoms with Gasteiger partial charge in [0.2, 0.25) is 5.95 Å². The number of nitriles is 1. The molecule has 90 valence electrons. The molecular formula is C12H10ClN5. The van der Waals surface area contributed by atoms with E-state index < -0.39 is 0 Å². The number of nitrogen functional groups attached to an aromatic ring is 1. The van der Waals surface area contributed by atoms with Crippen LogP contribution in [0.1, 0.15) is 5.56 Å². The van der Waals surface area contributed by atoms with Gasteiger partial charge in [0, 0.05) is 13.1 Å². The third kappa shape index (κ3) is 2.34. The first kappa shape index (κ1) is 12.1. The van der Waals surface area contributed by atoms with Gasteiger partial charge in [0.1, 0.15) is 17.0 Å². The van der Waals surface area contributed by atoms with Gasteiger partial charge >= 0.3 is 0 Å². The monoisotopic (exact) mass is 259 g/mol. The van der Waals surface area contributed by atoms with Crippen LogP contribution in [0.2, 0.25) is 5.15 Å². The van der Waals surface area contributed by atoms with E-state index in [0.717, 1.165) is 5.69 Å². The van der Waals surface area contributed by atoms with Gasteiger partial charge in [-0.1, -0.05) is 23.7 Å². The van der Waals surface area contributed by atoms with Crippen molar-refractivity contribution in [2.24, 2.45) is 0 Å². The van der Waals surface area contributed by atoms with E-state index in [1.165, 1.54) is 0 Å². The Balaban J connectivity index is 2.48. The Kier molecular flexibility index (Phi) is 3.31. The zero-order valence-electron chi connectivity index (χ0n) is 9.63. The Labute approximate surface area is 109 Å². The summed E-state index contributed by atoms with van der Waals surface area (Å²) in [4.78, 5) is 9.62. The Hall–Kier alpha value is -2.32. The van der Waals surface area contributed by atoms with Gasteiger partial charge in [-0.15, -0.1) is 0 Å². The van der Waals surface area contributed by atoms with Crippen molar-refractivity contribution in [3.05, 3.63) is 41.0 Å². The molecule has 2 aromatic rings. The van der Waals surface area contributed by atoms with Crippen molar-refractivity contribution in [2.45, 2.75) is 0 Å². The highest BCUT2D eigenvalue weighted by Gasteiger charge is 2.11. The zero-order chi connectivity index (χ0) is 13.1. The molecule has 1 aromatic carbocycles. The van der Waals surface area contributed by atoms with Crippen LogP contribution in [0, 0.1) is 11.3 Å². The number of para-hydroxylation sites is 1. The van der Waals surface area contributed by atoms with E-state index in [-0.39, 0.29) is 11.1 Å². The van der Waals surface area contributed by atoms with Gasteiger partial charge in [-0.05, 0) is 12.1 Å². The fraction of sp³-hybridized carbons (Fsp3) is 0.0833. The molecule has 0 fully saturated rings. The molecule has 0 unspecified atom stereocenters. The van der Waals surface area contributed by atoms with Crippen LogP contribution in [0.25, 0.3) is 0 Å². The number of benzene rings is 1. The Bertz CT molecular complexity index is 600. The average molecular weight is 260 g/mol. The number of hydrogen-bond donors (Lipinski definition) is 1. The number of halogens is 1. The van der Waals surface area contributed by atoms with E-state index in [4.69, 9.17) is 22.6 Å². The number of aromatic nitrogens is 2. The SMILES string of the molecule is CN(c1cc(Cl)nc(N)n1)c1ccccc1C#N. The number of nitrogens with two attached hydrogens (primary N) is 1. The lowest BCUT2D eigenvalue weighted by molar-refractivity contribution is 1.09. The maximum atomic E-state index is 9.06. The molecule has 0 bridgehead atoms. The Morgan fingerprint density at radius 1 is 1.33 bits per heavy atom. The summed E-state index contributed by atoms with van der Waals surface area (Å²) in [7, 11) is 1.79. The van der Waals surface area contributed by atoms with Gasteiger partial charge in [0.15, 0.2) is 0 Å². The summed E-state index contributed by atoms with van der Waals surface area (Å²) < 4.78 is 0. The average Bonchev–Trinajstić information content (AvgIpc) is 2.36. The van der Waals surface area contributed by atoms with Crippen LogP contribution in [0.4, 0.5) is 17.5 Å². The van der Waals surface area contributed by atoms with Crippen molar-refractivity contribution in [1.29, 1.82) is 5.26 Å². The standard InChI is InChI=1S/C12H10ClN5/c1-18(9-5-3-2-4-8(9)7-14)11-6-10(13)16-12(15)17-11/h2-6H,1H3,(H2,15,16,17). The fourth-order valence-electron chi connectivity index (χ4n) is 1.58. The molecule has 0 aliphatic heterocycles. The second kappa shape index (κ2) is 4.90. The molecule has 5 nitrogen and oxygen atoms in total. The molecule has 0 radical (unpaired) electrons. The lowest BCUT2D eigenvalue weighted by Gasteiger charge is -2.19. The van der Waals surface area contributed by atoms with Gasteiger partial charge in [-0.3, -0.25) is 0 Å². The predicted molar refractivity (Wildman–Crippen MR) is 70.7 cm³/mol. The lowest BCUT2D eigenvalue weighted by Crippen LogP contribution is -2.14. The molecule has 0 spiro atoms. The van der Waals surface area contributed by atoms with Gasteiger partial charge < -0.3 is 10.6 Å². The van der Waals surface area contributed by atoms with E-state index in [2.05, 4.69) is 16.0 Å². The fourth-order valence-corrected chi connectivity index (χ4v) is 1.76. The third-order valence-electron chi connectivity index (χ3n) is 2.43. The summed E-state index contributed by atoms with van der Waals surface area (Å²) in [6.45, 7) is 0. The van der Waals surface area contributed by atoms with Gasteiger partial charge in [-0.2, -0.15) is 10.2 Å². The van der Waals surface area contributed by atoms with Crippen LogP contribution in [0.5, 0.6) is 0 Å². The number of anilines is 3. The van der Waals surface area contributed by atoms with Crippen molar-refractivity contribution in [3.8, 4) is 6.07 Å². The van der Waals surface area contributed by atoms with Crippen molar-refractivity contribution in [3.63, 3.8) is 0 Å². The zero-order valence-corrected chi connectivity index (χ0v) is 10.4. The molecule has 1 heterocycles. The van der Waals surface area contributed by atoms with E-state index in [1.54, 1.807) is 30.1 Å². The summed E-state index contributed by atoms with van der Waals surface area (Å²) in [6.07, 6.45) is 0. The normalized spacial score (nSPS) is 9.83. The topological polar surface area (TPSA) is 78.8 Å². The summed E-state index contributed by atoms with van der Waals surface area (Å²) in [5, 5.41) is 9.33. The maximum absolute atomic E-state index is 9.06. The molecule has 2 N–H and O–H groups in total. The molecule has 1 aromatic heterocycles. The highest BCUT2D eigenvalue weighted by Crippen LogP contribution is 2.26. The van der Waals surface area contributed by atoms with E-state index >= 15 is 0 Å². The van der Waals surface area contributed by atoms with Gasteiger partial charge in [-0.25, -0.2) is 4.98 Å². The van der Waals surface area contributed by atoms with Gasteiger partial charge in [0.05, 0.1) is 11.3 Å². The van der Waals surface area contributed by atoms with Crippen molar-refractivity contribution < 1.29 is 0 Å². The predicted octanol–water partition coefficient (Wildman–Crippen LogP) is 2.35. The van der Waals surface area contributed by atoms with Crippen molar-refractivity contribution >= 4 is 29.1 Å². The molecule has 6 heteroatoms. The van der Waals surface area contributed by atoms with Crippen molar-refractivity contribution in [2.75, 3.05) is 17.7 Å². The summed E-state index contributed by atoms with van der Waals surface area (Å²) in [5.41, 5.74) is 6.83. The molecule has 0 aliphatic rings. The lowest BCUT2D eigenvalue weighted by atomic mass is 10.2. The molecule has 0 saturated heterocycles. The van der Waals surface area contributed by atoms with Crippen molar-refractivity contribution in [1.82, 2.24) is 9.97 Å². The van der Waals surface area contributed by atoms with E-state index in [1.807, 2.05) is 12.1 Å². The molecule has 0 aliphatic carbocycles. The second-order valence-corrected chi connectivity index (χ2v) is 3.98. The minimum absolute atomic E-state index is 0.0961. The first-order chi connectivity index (χ1) is 8.61. The molecule has 0 saturated carbocycles. The molecular weight excluding hydrogens is 250 g/mol. The van der Waals surface area contributed by atoms with Crippen LogP contribution in [-0.4, -0.2) is 17.0 Å². The Morgan fingerprint density at radius 3 is 2.72 bits per heavy atom. The van der Waals surface area contributed by atoms with Gasteiger partial charge in [0.25, 0.3) is 0 Å². The largest absolute Gasteiger partial charge is 0.368 e.